The van der Waals surface area contributed by atoms with Gasteiger partial charge in [0.2, 0.25) is 0 Å². The Morgan fingerprint density at radius 2 is 1.86 bits per heavy atom. The number of nitrogens with one attached hydrogen (secondary N) is 1. The average molecular weight is 290 g/mol. The summed E-state index contributed by atoms with van der Waals surface area (Å²) in [5.74, 6) is 0.218. The van der Waals surface area contributed by atoms with Crippen LogP contribution in [0.1, 0.15) is 43.6 Å². The fourth-order valence-corrected chi connectivity index (χ4v) is 3.24. The predicted octanol–water partition coefficient (Wildman–Crippen LogP) is 3.46. The van der Waals surface area contributed by atoms with E-state index < -0.39 is 5.97 Å². The van der Waals surface area contributed by atoms with E-state index in [9.17, 15) is 4.79 Å². The second-order valence-corrected chi connectivity index (χ2v) is 7.12. The largest absolute Gasteiger partial charge is 0.465 e. The summed E-state index contributed by atoms with van der Waals surface area (Å²) in [4.78, 5) is 11.8. The van der Waals surface area contributed by atoms with Crippen LogP contribution in [0.15, 0.2) is 12.1 Å². The van der Waals surface area contributed by atoms with E-state index >= 15 is 0 Å². The van der Waals surface area contributed by atoms with E-state index in [0.29, 0.717) is 28.0 Å². The molecule has 4 nitrogen and oxygen atoms in total. The highest BCUT2D eigenvalue weighted by Crippen LogP contribution is 2.68. The Bertz CT molecular complexity index is 562. The molecule has 1 aromatic carbocycles. The topological polar surface area (TPSA) is 64.3 Å². The molecule has 0 unspecified atom stereocenters. The molecule has 116 valence electrons. The zero-order chi connectivity index (χ0) is 16.0. The van der Waals surface area contributed by atoms with Crippen molar-refractivity contribution in [3.63, 3.8) is 0 Å². The van der Waals surface area contributed by atoms with Crippen LogP contribution >= 0.6 is 0 Å². The molecule has 0 amide bonds. The van der Waals surface area contributed by atoms with Gasteiger partial charge in [-0.15, -0.1) is 0 Å². The zero-order valence-corrected chi connectivity index (χ0v) is 13.8. The third-order valence-corrected chi connectivity index (χ3v) is 5.62. The molecular formula is C17H26N2O2. The van der Waals surface area contributed by atoms with Gasteiger partial charge in [0.05, 0.1) is 12.7 Å². The van der Waals surface area contributed by atoms with E-state index in [4.69, 9.17) is 10.5 Å². The summed E-state index contributed by atoms with van der Waals surface area (Å²) in [6, 6.07) is 3.75. The highest BCUT2D eigenvalue weighted by Gasteiger charge is 2.63. The Hall–Kier alpha value is -1.71. The summed E-state index contributed by atoms with van der Waals surface area (Å²) in [6.07, 6.45) is 0. The summed E-state index contributed by atoms with van der Waals surface area (Å²) in [5.41, 5.74) is 9.35. The summed E-state index contributed by atoms with van der Waals surface area (Å²) in [5, 5.41) is 3.44. The van der Waals surface area contributed by atoms with Crippen LogP contribution in [0.4, 0.5) is 11.4 Å². The molecule has 0 bridgehead atoms. The van der Waals surface area contributed by atoms with Crippen molar-refractivity contribution in [1.29, 1.82) is 0 Å². The van der Waals surface area contributed by atoms with Gasteiger partial charge in [-0.25, -0.2) is 4.79 Å². The van der Waals surface area contributed by atoms with E-state index in [1.165, 1.54) is 7.11 Å². The first kappa shape index (κ1) is 15.7. The van der Waals surface area contributed by atoms with Crippen molar-refractivity contribution in [1.82, 2.24) is 0 Å². The molecule has 3 N–H and O–H groups in total. The zero-order valence-electron chi connectivity index (χ0n) is 13.8. The number of ether oxygens (including phenoxy) is 1. The molecule has 1 aromatic rings. The molecule has 1 aliphatic rings. The van der Waals surface area contributed by atoms with Crippen LogP contribution in [-0.4, -0.2) is 19.6 Å². The standard InChI is InChI=1S/C17H26N2O2/c1-10-7-11(8-12(14(10)18)15(20)21-6)19-9-13-16(2,3)17(13,4)5/h7-8,13,19H,9,18H2,1-6H3. The van der Waals surface area contributed by atoms with Crippen LogP contribution in [0.5, 0.6) is 0 Å². The van der Waals surface area contributed by atoms with Gasteiger partial charge in [-0.2, -0.15) is 0 Å². The number of nitrogens with two attached hydrogens (primary N) is 1. The first-order valence-electron chi connectivity index (χ1n) is 7.35. The summed E-state index contributed by atoms with van der Waals surface area (Å²) in [7, 11) is 1.37. The van der Waals surface area contributed by atoms with E-state index in [0.717, 1.165) is 17.8 Å². The molecule has 0 heterocycles. The number of hydrogen-bond donors (Lipinski definition) is 2. The van der Waals surface area contributed by atoms with E-state index in [1.54, 1.807) is 6.07 Å². The minimum absolute atomic E-state index is 0.341. The second-order valence-electron chi connectivity index (χ2n) is 7.12. The fourth-order valence-electron chi connectivity index (χ4n) is 3.24. The molecule has 1 aliphatic carbocycles. The lowest BCUT2D eigenvalue weighted by Crippen LogP contribution is -2.11. The van der Waals surface area contributed by atoms with E-state index in [2.05, 4.69) is 33.0 Å². The van der Waals surface area contributed by atoms with Gasteiger partial charge in [-0.1, -0.05) is 27.7 Å². The van der Waals surface area contributed by atoms with Crippen LogP contribution in [0, 0.1) is 23.7 Å². The van der Waals surface area contributed by atoms with E-state index in [-0.39, 0.29) is 0 Å². The molecule has 2 rings (SSSR count). The molecule has 0 atom stereocenters. The van der Waals surface area contributed by atoms with Gasteiger partial charge in [0.25, 0.3) is 0 Å². The minimum Gasteiger partial charge on any atom is -0.465 e. The Labute approximate surface area is 127 Å². The van der Waals surface area contributed by atoms with Gasteiger partial charge >= 0.3 is 5.97 Å². The highest BCUT2D eigenvalue weighted by molar-refractivity contribution is 5.97. The molecule has 1 fully saturated rings. The maximum Gasteiger partial charge on any atom is 0.340 e. The third kappa shape index (κ3) is 2.47. The average Bonchev–Trinajstić information content (AvgIpc) is 2.80. The maximum atomic E-state index is 11.8. The smallest absolute Gasteiger partial charge is 0.340 e. The number of anilines is 2. The lowest BCUT2D eigenvalue weighted by atomic mass is 10.0. The normalized spacial score (nSPS) is 19.1. The summed E-state index contributed by atoms with van der Waals surface area (Å²) < 4.78 is 4.78. The molecule has 0 saturated heterocycles. The molecule has 1 saturated carbocycles. The number of methoxy groups -OCH3 is 1. The van der Waals surface area contributed by atoms with Crippen molar-refractivity contribution < 1.29 is 9.53 Å². The first-order valence-corrected chi connectivity index (χ1v) is 7.35. The van der Waals surface area contributed by atoms with Gasteiger partial charge in [0.15, 0.2) is 0 Å². The summed E-state index contributed by atoms with van der Waals surface area (Å²) >= 11 is 0. The highest BCUT2D eigenvalue weighted by atomic mass is 16.5. The van der Waals surface area contributed by atoms with Gasteiger partial charge < -0.3 is 15.8 Å². The SMILES string of the molecule is COC(=O)c1cc(NCC2C(C)(C)C2(C)C)cc(C)c1N. The third-order valence-electron chi connectivity index (χ3n) is 5.62. The molecule has 0 aromatic heterocycles. The molecule has 0 spiro atoms. The maximum absolute atomic E-state index is 11.8. The number of benzene rings is 1. The van der Waals surface area contributed by atoms with Crippen LogP contribution in [0.3, 0.4) is 0 Å². The van der Waals surface area contributed by atoms with Crippen molar-refractivity contribution in [2.75, 3.05) is 24.7 Å². The van der Waals surface area contributed by atoms with Gasteiger partial charge in [-0.05, 0) is 41.4 Å². The number of hydrogen-bond acceptors (Lipinski definition) is 4. The Kier molecular flexibility index (Phi) is 3.68. The van der Waals surface area contributed by atoms with E-state index in [1.807, 2.05) is 13.0 Å². The monoisotopic (exact) mass is 290 g/mol. The lowest BCUT2D eigenvalue weighted by Gasteiger charge is -2.13. The Balaban J connectivity index is 2.15. The number of carbonyl (C=O) groups is 1. The van der Waals surface area contributed by atoms with Crippen LogP contribution in [-0.2, 0) is 4.74 Å². The molecule has 4 heteroatoms. The number of rotatable bonds is 4. The van der Waals surface area contributed by atoms with Gasteiger partial charge in [0, 0.05) is 17.9 Å². The number of carbonyl (C=O) groups excluding carboxylic acids is 1. The van der Waals surface area contributed by atoms with Gasteiger partial charge in [0.1, 0.15) is 0 Å². The number of esters is 1. The van der Waals surface area contributed by atoms with Crippen molar-refractivity contribution in [2.45, 2.75) is 34.6 Å². The number of nitrogen functional groups attached to an aromatic ring is 1. The number of aryl methyl sites for hydroxylation is 1. The van der Waals surface area contributed by atoms with Crippen LogP contribution < -0.4 is 11.1 Å². The molecule has 0 radical (unpaired) electrons. The van der Waals surface area contributed by atoms with Gasteiger partial charge in [-0.3, -0.25) is 0 Å². The van der Waals surface area contributed by atoms with Crippen molar-refractivity contribution in [3.8, 4) is 0 Å². The van der Waals surface area contributed by atoms with Crippen molar-refractivity contribution in [2.24, 2.45) is 16.7 Å². The first-order chi connectivity index (χ1) is 9.62. The van der Waals surface area contributed by atoms with Crippen molar-refractivity contribution >= 4 is 17.3 Å². The molecule has 0 aliphatic heterocycles. The van der Waals surface area contributed by atoms with Crippen LogP contribution in [0.2, 0.25) is 0 Å². The molecular weight excluding hydrogens is 264 g/mol. The predicted molar refractivity (Wildman–Crippen MR) is 86.5 cm³/mol. The summed E-state index contributed by atoms with van der Waals surface area (Å²) in [6.45, 7) is 12.0. The quantitative estimate of drug-likeness (QED) is 0.658. The Morgan fingerprint density at radius 1 is 1.29 bits per heavy atom. The van der Waals surface area contributed by atoms with Crippen LogP contribution in [0.25, 0.3) is 0 Å². The molecule has 21 heavy (non-hydrogen) atoms. The Morgan fingerprint density at radius 3 is 2.33 bits per heavy atom. The fraction of sp³-hybridized carbons (Fsp3) is 0.588. The lowest BCUT2D eigenvalue weighted by molar-refractivity contribution is 0.0602. The van der Waals surface area contributed by atoms with Crippen molar-refractivity contribution in [3.05, 3.63) is 23.3 Å². The minimum atomic E-state index is -0.397. The second kappa shape index (κ2) is 4.93.